The van der Waals surface area contributed by atoms with Crippen LogP contribution in [0.5, 0.6) is 5.75 Å². The predicted molar refractivity (Wildman–Crippen MR) is 138 cm³/mol. The lowest BCUT2D eigenvalue weighted by Gasteiger charge is -2.32. The minimum atomic E-state index is -0.881. The molecule has 2 aliphatic rings. The summed E-state index contributed by atoms with van der Waals surface area (Å²) in [6, 6.07) is 17.0. The van der Waals surface area contributed by atoms with Crippen LogP contribution < -0.4 is 14.5 Å². The Morgan fingerprint density at radius 2 is 1.67 bits per heavy atom. The molecule has 186 valence electrons. The van der Waals surface area contributed by atoms with Crippen LogP contribution >= 0.6 is 0 Å². The zero-order valence-corrected chi connectivity index (χ0v) is 20.5. The number of ketones is 1. The molecular formula is C29H30N2O5. The first-order valence-electron chi connectivity index (χ1n) is 12.4. The number of anilines is 2. The Morgan fingerprint density at radius 1 is 1.00 bits per heavy atom. The molecule has 1 aromatic heterocycles. The highest BCUT2D eigenvalue weighted by Crippen LogP contribution is 2.42. The molecule has 3 aromatic rings. The molecule has 7 heteroatoms. The number of amides is 1. The van der Waals surface area contributed by atoms with E-state index in [4.69, 9.17) is 9.15 Å². The Hall–Kier alpha value is -4.00. The van der Waals surface area contributed by atoms with Gasteiger partial charge in [-0.15, -0.1) is 0 Å². The molecule has 1 amide bonds. The molecular weight excluding hydrogens is 456 g/mol. The Balaban J connectivity index is 1.51. The Labute approximate surface area is 210 Å². The number of ether oxygens (including phenoxy) is 1. The van der Waals surface area contributed by atoms with Crippen molar-refractivity contribution in [1.82, 2.24) is 0 Å². The lowest BCUT2D eigenvalue weighted by molar-refractivity contribution is -0.132. The molecule has 7 nitrogen and oxygen atoms in total. The van der Waals surface area contributed by atoms with Crippen LogP contribution in [-0.4, -0.2) is 36.5 Å². The Kier molecular flexibility index (Phi) is 6.55. The first-order valence-corrected chi connectivity index (χ1v) is 12.4. The van der Waals surface area contributed by atoms with Crippen molar-refractivity contribution in [2.24, 2.45) is 5.92 Å². The largest absolute Gasteiger partial charge is 0.507 e. The van der Waals surface area contributed by atoms with E-state index < -0.39 is 17.7 Å². The predicted octanol–water partition coefficient (Wildman–Crippen LogP) is 5.54. The van der Waals surface area contributed by atoms with Crippen LogP contribution in [0.1, 0.15) is 44.1 Å². The lowest BCUT2D eigenvalue weighted by atomic mass is 9.98. The second-order valence-corrected chi connectivity index (χ2v) is 9.33. The second kappa shape index (κ2) is 9.93. The van der Waals surface area contributed by atoms with Crippen molar-refractivity contribution in [3.05, 3.63) is 83.8 Å². The highest BCUT2D eigenvalue weighted by molar-refractivity contribution is 6.51. The van der Waals surface area contributed by atoms with Crippen molar-refractivity contribution in [3.8, 4) is 5.75 Å². The number of hydrogen-bond donors (Lipinski definition) is 1. The zero-order valence-electron chi connectivity index (χ0n) is 20.5. The van der Waals surface area contributed by atoms with Crippen molar-refractivity contribution in [1.29, 1.82) is 0 Å². The number of nitrogens with zero attached hydrogens (tertiary/aromatic N) is 2. The summed E-state index contributed by atoms with van der Waals surface area (Å²) < 4.78 is 11.1. The van der Waals surface area contributed by atoms with E-state index in [9.17, 15) is 14.7 Å². The fraction of sp³-hybridized carbons (Fsp3) is 0.310. The number of piperidine rings is 1. The Bertz CT molecular complexity index is 1250. The molecule has 3 heterocycles. The first-order chi connectivity index (χ1) is 17.5. The van der Waals surface area contributed by atoms with Crippen molar-refractivity contribution in [2.45, 2.75) is 32.7 Å². The third-order valence-electron chi connectivity index (χ3n) is 6.97. The average Bonchev–Trinajstić information content (AvgIpc) is 3.52. The first kappa shape index (κ1) is 23.7. The van der Waals surface area contributed by atoms with Gasteiger partial charge in [-0.2, -0.15) is 0 Å². The fourth-order valence-corrected chi connectivity index (χ4v) is 4.94. The molecule has 5 rings (SSSR count). The van der Waals surface area contributed by atoms with Gasteiger partial charge in [-0.3, -0.25) is 14.5 Å². The molecule has 2 saturated heterocycles. The zero-order chi connectivity index (χ0) is 25.2. The molecule has 1 atom stereocenters. The van der Waals surface area contributed by atoms with Gasteiger partial charge in [-0.05, 0) is 86.3 Å². The molecule has 0 aliphatic carbocycles. The van der Waals surface area contributed by atoms with Gasteiger partial charge in [-0.25, -0.2) is 0 Å². The molecule has 1 unspecified atom stereocenters. The van der Waals surface area contributed by atoms with Crippen molar-refractivity contribution in [3.63, 3.8) is 0 Å². The van der Waals surface area contributed by atoms with E-state index in [0.29, 0.717) is 29.4 Å². The number of carbonyl (C=O) groups is 2. The minimum absolute atomic E-state index is 0.00629. The molecule has 0 saturated carbocycles. The maximum absolute atomic E-state index is 13.3. The summed E-state index contributed by atoms with van der Waals surface area (Å²) in [5.74, 6) is 0.0758. The highest BCUT2D eigenvalue weighted by atomic mass is 16.5. The van der Waals surface area contributed by atoms with E-state index >= 15 is 0 Å². The molecule has 2 aromatic carbocycles. The SMILES string of the molecule is CCOc1ccc(/C(O)=C2/C(=O)C(=O)N(c3ccc(N4CCC(C)CC4)cc3)C2c2ccco2)cc1. The van der Waals surface area contributed by atoms with Crippen LogP contribution in [0.15, 0.2) is 76.9 Å². The van der Waals surface area contributed by atoms with Gasteiger partial charge < -0.3 is 19.2 Å². The van der Waals surface area contributed by atoms with Gasteiger partial charge in [0.2, 0.25) is 0 Å². The van der Waals surface area contributed by atoms with Gasteiger partial charge >= 0.3 is 0 Å². The number of hydrogen-bond acceptors (Lipinski definition) is 6. The van der Waals surface area contributed by atoms with Crippen molar-refractivity contribution < 1.29 is 23.8 Å². The van der Waals surface area contributed by atoms with Crippen molar-refractivity contribution in [2.75, 3.05) is 29.5 Å². The van der Waals surface area contributed by atoms with E-state index in [-0.39, 0.29) is 11.3 Å². The number of Topliss-reactive ketones (excluding diaryl/α,β-unsaturated/α-hetero) is 1. The van der Waals surface area contributed by atoms with Crippen LogP contribution in [0, 0.1) is 5.92 Å². The topological polar surface area (TPSA) is 83.2 Å². The van der Waals surface area contributed by atoms with Crippen LogP contribution in [0.3, 0.4) is 0 Å². The summed E-state index contributed by atoms with van der Waals surface area (Å²) in [7, 11) is 0. The molecule has 2 fully saturated rings. The van der Waals surface area contributed by atoms with Crippen LogP contribution in [0.4, 0.5) is 11.4 Å². The standard InChI is InChI=1S/C29H30N2O5/c1-3-35-23-12-6-20(7-13-23)27(32)25-26(24-5-4-18-36-24)31(29(34)28(25)33)22-10-8-21(9-11-22)30-16-14-19(2)15-17-30/h4-13,18-19,26,32H,3,14-17H2,1-2H3/b27-25-. The van der Waals surface area contributed by atoms with E-state index in [0.717, 1.165) is 37.5 Å². The summed E-state index contributed by atoms with van der Waals surface area (Å²) in [6.45, 7) is 6.68. The van der Waals surface area contributed by atoms with E-state index in [1.165, 1.54) is 11.2 Å². The van der Waals surface area contributed by atoms with E-state index in [1.54, 1.807) is 36.4 Å². The van der Waals surface area contributed by atoms with Gasteiger partial charge in [0.15, 0.2) is 0 Å². The number of benzene rings is 2. The summed E-state index contributed by atoms with van der Waals surface area (Å²) in [5.41, 5.74) is 2.07. The number of carbonyl (C=O) groups excluding carboxylic acids is 2. The third-order valence-corrected chi connectivity index (χ3v) is 6.97. The molecule has 0 radical (unpaired) electrons. The van der Waals surface area contributed by atoms with Gasteiger partial charge in [0, 0.05) is 30.0 Å². The molecule has 2 aliphatic heterocycles. The van der Waals surface area contributed by atoms with Crippen molar-refractivity contribution >= 4 is 28.8 Å². The summed E-state index contributed by atoms with van der Waals surface area (Å²) in [5, 5.41) is 11.2. The molecule has 36 heavy (non-hydrogen) atoms. The lowest BCUT2D eigenvalue weighted by Crippen LogP contribution is -2.33. The highest BCUT2D eigenvalue weighted by Gasteiger charge is 2.48. The maximum atomic E-state index is 13.3. The van der Waals surface area contributed by atoms with Gasteiger partial charge in [0.25, 0.3) is 11.7 Å². The number of furan rings is 1. The number of aliphatic hydroxyl groups excluding tert-OH is 1. The minimum Gasteiger partial charge on any atom is -0.507 e. The van der Waals surface area contributed by atoms with Crippen LogP contribution in [-0.2, 0) is 9.59 Å². The summed E-state index contributed by atoms with van der Waals surface area (Å²) in [6.07, 6.45) is 3.80. The van der Waals surface area contributed by atoms with E-state index in [1.807, 2.05) is 31.2 Å². The normalized spacial score (nSPS) is 20.2. The second-order valence-electron chi connectivity index (χ2n) is 9.33. The monoisotopic (exact) mass is 486 g/mol. The number of rotatable bonds is 6. The summed E-state index contributed by atoms with van der Waals surface area (Å²) >= 11 is 0. The van der Waals surface area contributed by atoms with Gasteiger partial charge in [-0.1, -0.05) is 6.92 Å². The quantitative estimate of drug-likeness (QED) is 0.280. The van der Waals surface area contributed by atoms with Crippen LogP contribution in [0.2, 0.25) is 0 Å². The third kappa shape index (κ3) is 4.37. The van der Waals surface area contributed by atoms with E-state index in [2.05, 4.69) is 11.8 Å². The average molecular weight is 487 g/mol. The van der Waals surface area contributed by atoms with Gasteiger partial charge in [0.1, 0.15) is 23.3 Å². The summed E-state index contributed by atoms with van der Waals surface area (Å²) in [4.78, 5) is 30.3. The maximum Gasteiger partial charge on any atom is 0.300 e. The fourth-order valence-electron chi connectivity index (χ4n) is 4.94. The molecule has 0 bridgehead atoms. The molecule has 1 N–H and O–H groups in total. The van der Waals surface area contributed by atoms with Gasteiger partial charge in [0.05, 0.1) is 18.4 Å². The molecule has 0 spiro atoms. The Morgan fingerprint density at radius 3 is 2.28 bits per heavy atom. The smallest absolute Gasteiger partial charge is 0.300 e. The number of aliphatic hydroxyl groups is 1. The van der Waals surface area contributed by atoms with Crippen LogP contribution in [0.25, 0.3) is 5.76 Å².